The van der Waals surface area contributed by atoms with Gasteiger partial charge < -0.3 is 20.2 Å². The molecule has 0 saturated heterocycles. The number of nitriles is 1. The van der Waals surface area contributed by atoms with Gasteiger partial charge in [-0.15, -0.1) is 0 Å². The molecule has 2 atom stereocenters. The molecule has 146 valence electrons. The third kappa shape index (κ3) is 3.24. The van der Waals surface area contributed by atoms with Gasteiger partial charge in [0.05, 0.1) is 42.4 Å². The second-order valence-electron chi connectivity index (χ2n) is 6.49. The summed E-state index contributed by atoms with van der Waals surface area (Å²) in [5.41, 5.74) is 9.01. The molecular weight excluding hydrogens is 388 g/mol. The van der Waals surface area contributed by atoms with Crippen LogP contribution in [0.25, 0.3) is 11.3 Å². The van der Waals surface area contributed by atoms with Gasteiger partial charge in [0.2, 0.25) is 0 Å². The number of nitrogens with two attached hydrogens (primary N) is 1. The Bertz CT molecular complexity index is 1120. The summed E-state index contributed by atoms with van der Waals surface area (Å²) in [7, 11) is 1.54. The molecule has 0 fully saturated rings. The lowest BCUT2D eigenvalue weighted by Gasteiger charge is -2.17. The highest BCUT2D eigenvalue weighted by atomic mass is 32.2. The van der Waals surface area contributed by atoms with E-state index in [0.29, 0.717) is 44.6 Å². The Labute approximate surface area is 171 Å². The van der Waals surface area contributed by atoms with Crippen LogP contribution < -0.4 is 15.8 Å². The fourth-order valence-corrected chi connectivity index (χ4v) is 4.56. The number of nitrogens with zero attached hydrogens (tertiary/aromatic N) is 2. The Balaban J connectivity index is 1.87. The van der Waals surface area contributed by atoms with Crippen LogP contribution in [0.3, 0.4) is 0 Å². The zero-order chi connectivity index (χ0) is 20.5. The van der Waals surface area contributed by atoms with Gasteiger partial charge in [0, 0.05) is 11.1 Å². The van der Waals surface area contributed by atoms with Crippen LogP contribution in [0, 0.1) is 18.3 Å². The predicted molar refractivity (Wildman–Crippen MR) is 110 cm³/mol. The molecule has 1 aliphatic heterocycles. The van der Waals surface area contributed by atoms with Gasteiger partial charge in [-0.1, -0.05) is 23.9 Å². The van der Waals surface area contributed by atoms with Crippen LogP contribution in [0.2, 0.25) is 0 Å². The largest absolute Gasteiger partial charge is 0.495 e. The molecule has 4 rings (SSSR count). The van der Waals surface area contributed by atoms with Crippen LogP contribution >= 0.6 is 11.8 Å². The third-order valence-corrected chi connectivity index (χ3v) is 5.94. The fraction of sp³-hybridized carbons (Fsp3) is 0.190. The molecule has 2 aromatic heterocycles. The Morgan fingerprint density at radius 2 is 2.14 bits per heavy atom. The summed E-state index contributed by atoms with van der Waals surface area (Å²) < 4.78 is 10.9. The maximum Gasteiger partial charge on any atom is 0.258 e. The van der Waals surface area contributed by atoms with Gasteiger partial charge in [0.1, 0.15) is 21.8 Å². The minimum atomic E-state index is -0.578. The van der Waals surface area contributed by atoms with Crippen LogP contribution in [0.1, 0.15) is 27.7 Å². The standard InChI is InChI=1S/C21H18N4O3S/c1-11-16(20(26)25-12-6-3-4-7-13(12)27-2)17(14-8-5-9-28-14)18-19(23)15(10-22)29-21(18)24-11/h3-9,15,19H,23H2,1-2H3,(H,25,26). The zero-order valence-electron chi connectivity index (χ0n) is 15.8. The molecule has 0 saturated carbocycles. The Hall–Kier alpha value is -3.28. The molecule has 0 radical (unpaired) electrons. The smallest absolute Gasteiger partial charge is 0.258 e. The molecule has 3 heterocycles. The van der Waals surface area contributed by atoms with Crippen LogP contribution in [0.4, 0.5) is 5.69 Å². The van der Waals surface area contributed by atoms with Gasteiger partial charge in [-0.2, -0.15) is 5.26 Å². The van der Waals surface area contributed by atoms with Crippen LogP contribution in [0.15, 0.2) is 52.1 Å². The number of aromatic nitrogens is 1. The number of anilines is 1. The number of thioether (sulfide) groups is 1. The SMILES string of the molecule is COc1ccccc1NC(=O)c1c(C)nc2c(c1-c1ccco1)C(N)C(C#N)S2. The average Bonchev–Trinajstić information content (AvgIpc) is 3.35. The lowest BCUT2D eigenvalue weighted by molar-refractivity contribution is 0.102. The number of benzene rings is 1. The summed E-state index contributed by atoms with van der Waals surface area (Å²) in [6.45, 7) is 1.76. The fourth-order valence-electron chi connectivity index (χ4n) is 3.43. The van der Waals surface area contributed by atoms with Crippen LogP contribution in [-0.4, -0.2) is 23.3 Å². The number of hydrogen-bond donors (Lipinski definition) is 2. The lowest BCUT2D eigenvalue weighted by Crippen LogP contribution is -2.21. The first kappa shape index (κ1) is 19.1. The van der Waals surface area contributed by atoms with Crippen LogP contribution in [0.5, 0.6) is 5.75 Å². The van der Waals surface area contributed by atoms with E-state index in [0.717, 1.165) is 0 Å². The Kier molecular flexibility index (Phi) is 5.01. The Morgan fingerprint density at radius 1 is 1.34 bits per heavy atom. The first-order chi connectivity index (χ1) is 14.0. The van der Waals surface area contributed by atoms with Crippen molar-refractivity contribution in [3.8, 4) is 23.1 Å². The van der Waals surface area contributed by atoms with Crippen molar-refractivity contribution in [3.05, 3.63) is 59.5 Å². The number of amides is 1. The van der Waals surface area contributed by atoms with Crippen molar-refractivity contribution in [3.63, 3.8) is 0 Å². The number of hydrogen-bond acceptors (Lipinski definition) is 7. The minimum absolute atomic E-state index is 0.355. The number of pyridine rings is 1. The average molecular weight is 406 g/mol. The number of ether oxygens (including phenoxy) is 1. The number of carbonyl (C=O) groups excluding carboxylic acids is 1. The topological polar surface area (TPSA) is 114 Å². The monoisotopic (exact) mass is 406 g/mol. The van der Waals surface area contributed by atoms with Crippen molar-refractivity contribution in [1.29, 1.82) is 5.26 Å². The molecule has 1 aromatic carbocycles. The highest BCUT2D eigenvalue weighted by molar-refractivity contribution is 8.00. The number of furan rings is 1. The van der Waals surface area contributed by atoms with E-state index in [-0.39, 0.29) is 5.91 Å². The van der Waals surface area contributed by atoms with Gasteiger partial charge in [-0.25, -0.2) is 4.98 Å². The van der Waals surface area contributed by atoms with Crippen molar-refractivity contribution in [2.45, 2.75) is 23.2 Å². The second-order valence-corrected chi connectivity index (χ2v) is 7.62. The molecule has 3 N–H and O–H groups in total. The van der Waals surface area contributed by atoms with E-state index in [1.54, 1.807) is 38.3 Å². The molecule has 7 nitrogen and oxygen atoms in total. The summed E-state index contributed by atoms with van der Waals surface area (Å²) in [6, 6.07) is 12.3. The van der Waals surface area contributed by atoms with E-state index in [1.807, 2.05) is 12.1 Å². The molecule has 8 heteroatoms. The van der Waals surface area contributed by atoms with Crippen molar-refractivity contribution < 1.29 is 13.9 Å². The number of methoxy groups -OCH3 is 1. The van der Waals surface area contributed by atoms with Gasteiger partial charge in [-0.05, 0) is 31.2 Å². The molecule has 1 aliphatic rings. The number of fused-ring (bicyclic) bond motifs is 1. The maximum absolute atomic E-state index is 13.3. The third-order valence-electron chi connectivity index (χ3n) is 4.76. The molecular formula is C21H18N4O3S. The molecule has 29 heavy (non-hydrogen) atoms. The highest BCUT2D eigenvalue weighted by Crippen LogP contribution is 2.48. The molecule has 0 spiro atoms. The summed E-state index contributed by atoms with van der Waals surface area (Å²) in [4.78, 5) is 17.9. The molecule has 2 unspecified atom stereocenters. The molecule has 1 amide bonds. The maximum atomic E-state index is 13.3. The van der Waals surface area contributed by atoms with E-state index in [4.69, 9.17) is 14.9 Å². The minimum Gasteiger partial charge on any atom is -0.495 e. The number of rotatable bonds is 4. The number of para-hydroxylation sites is 2. The summed E-state index contributed by atoms with van der Waals surface area (Å²) in [5.74, 6) is 0.696. The second kappa shape index (κ2) is 7.62. The first-order valence-corrected chi connectivity index (χ1v) is 9.77. The molecule has 0 bridgehead atoms. The quantitative estimate of drug-likeness (QED) is 0.675. The first-order valence-electron chi connectivity index (χ1n) is 8.89. The van der Waals surface area contributed by atoms with Crippen molar-refractivity contribution >= 4 is 23.4 Å². The van der Waals surface area contributed by atoms with E-state index < -0.39 is 11.3 Å². The number of aryl methyl sites for hydroxylation is 1. The van der Waals surface area contributed by atoms with Crippen LogP contribution in [-0.2, 0) is 0 Å². The predicted octanol–water partition coefficient (Wildman–Crippen LogP) is 3.91. The van der Waals surface area contributed by atoms with Crippen molar-refractivity contribution in [1.82, 2.24) is 4.98 Å². The highest BCUT2D eigenvalue weighted by Gasteiger charge is 2.38. The van der Waals surface area contributed by atoms with Crippen molar-refractivity contribution in [2.75, 3.05) is 12.4 Å². The van der Waals surface area contributed by atoms with Gasteiger partial charge in [0.25, 0.3) is 5.91 Å². The molecule has 3 aromatic rings. The summed E-state index contributed by atoms with van der Waals surface area (Å²) >= 11 is 1.31. The van der Waals surface area contributed by atoms with E-state index in [2.05, 4.69) is 16.4 Å². The lowest BCUT2D eigenvalue weighted by atomic mass is 9.93. The van der Waals surface area contributed by atoms with Gasteiger partial charge in [-0.3, -0.25) is 4.79 Å². The summed E-state index contributed by atoms with van der Waals surface area (Å²) in [5, 5.41) is 12.5. The molecule has 0 aliphatic carbocycles. The van der Waals surface area contributed by atoms with Gasteiger partial charge in [0.15, 0.2) is 0 Å². The Morgan fingerprint density at radius 3 is 2.83 bits per heavy atom. The normalized spacial score (nSPS) is 17.4. The van der Waals surface area contributed by atoms with Crippen molar-refractivity contribution in [2.24, 2.45) is 5.73 Å². The summed E-state index contributed by atoms with van der Waals surface area (Å²) in [6.07, 6.45) is 1.54. The van der Waals surface area contributed by atoms with E-state index in [9.17, 15) is 10.1 Å². The van der Waals surface area contributed by atoms with E-state index in [1.165, 1.54) is 18.0 Å². The zero-order valence-corrected chi connectivity index (χ0v) is 16.6. The number of carbonyl (C=O) groups is 1. The number of nitrogens with one attached hydrogen (secondary N) is 1. The van der Waals surface area contributed by atoms with E-state index >= 15 is 0 Å². The van der Waals surface area contributed by atoms with Gasteiger partial charge >= 0.3 is 0 Å².